The number of allylic oxidation sites excluding steroid dienone is 2. The van der Waals surface area contributed by atoms with Crippen molar-refractivity contribution >= 4 is 11.6 Å². The molecule has 0 spiro atoms. The Morgan fingerprint density at radius 3 is 2.44 bits per heavy atom. The van der Waals surface area contributed by atoms with Crippen molar-refractivity contribution in [1.29, 1.82) is 0 Å². The monoisotopic (exact) mass is 212 g/mol. The molecule has 1 saturated carbocycles. The summed E-state index contributed by atoms with van der Waals surface area (Å²) in [6, 6.07) is 7.07. The first-order valence-corrected chi connectivity index (χ1v) is 5.64. The Hall–Kier alpha value is -1.70. The predicted octanol–water partition coefficient (Wildman–Crippen LogP) is 2.79. The topological polar surface area (TPSA) is 34.1 Å². The summed E-state index contributed by atoms with van der Waals surface area (Å²) in [7, 11) is 0. The van der Waals surface area contributed by atoms with Gasteiger partial charge in [-0.3, -0.25) is 9.59 Å². The molecular formula is C14H12O2. The van der Waals surface area contributed by atoms with Crippen molar-refractivity contribution in [3.8, 4) is 0 Å². The lowest BCUT2D eigenvalue weighted by Gasteiger charge is -2.14. The van der Waals surface area contributed by atoms with Crippen LogP contribution in [-0.2, 0) is 0 Å². The summed E-state index contributed by atoms with van der Waals surface area (Å²) in [6.45, 7) is 0. The Labute approximate surface area is 94.0 Å². The van der Waals surface area contributed by atoms with E-state index >= 15 is 0 Å². The highest BCUT2D eigenvalue weighted by Crippen LogP contribution is 2.37. The van der Waals surface area contributed by atoms with Crippen molar-refractivity contribution in [2.24, 2.45) is 5.92 Å². The zero-order valence-electron chi connectivity index (χ0n) is 8.90. The number of rotatable bonds is 2. The summed E-state index contributed by atoms with van der Waals surface area (Å²) < 4.78 is 0. The molecule has 0 aromatic heterocycles. The number of fused-ring (bicyclic) bond motifs is 1. The molecule has 16 heavy (non-hydrogen) atoms. The summed E-state index contributed by atoms with van der Waals surface area (Å²) >= 11 is 0. The molecule has 0 radical (unpaired) electrons. The smallest absolute Gasteiger partial charge is 0.189 e. The maximum atomic E-state index is 12.1. The summed E-state index contributed by atoms with van der Waals surface area (Å²) in [5, 5.41) is 0. The van der Waals surface area contributed by atoms with Gasteiger partial charge >= 0.3 is 0 Å². The van der Waals surface area contributed by atoms with E-state index in [1.54, 1.807) is 18.2 Å². The molecule has 0 saturated heterocycles. The van der Waals surface area contributed by atoms with E-state index in [0.29, 0.717) is 22.6 Å². The first-order chi connectivity index (χ1) is 7.75. The van der Waals surface area contributed by atoms with Crippen molar-refractivity contribution in [2.75, 3.05) is 0 Å². The maximum Gasteiger partial charge on any atom is 0.189 e. The van der Waals surface area contributed by atoms with Gasteiger partial charge in [0, 0.05) is 16.7 Å². The Morgan fingerprint density at radius 1 is 1.06 bits per heavy atom. The fourth-order valence-corrected chi connectivity index (χ4v) is 2.16. The molecule has 0 unspecified atom stereocenters. The van der Waals surface area contributed by atoms with Crippen LogP contribution in [0.2, 0.25) is 0 Å². The largest absolute Gasteiger partial charge is 0.289 e. The van der Waals surface area contributed by atoms with Crippen LogP contribution in [0.5, 0.6) is 0 Å². The van der Waals surface area contributed by atoms with Crippen LogP contribution < -0.4 is 0 Å². The summed E-state index contributed by atoms with van der Waals surface area (Å²) in [4.78, 5) is 23.9. The number of Topliss-reactive ketones (excluding diaryl/α,β-unsaturated/α-hetero) is 1. The standard InChI is InChI=1S/C14H12O2/c15-13-8-10(7-9-5-6-9)14(16)12-4-2-1-3-11(12)13/h1-4,8-9H,5-7H2. The molecule has 0 bridgehead atoms. The second kappa shape index (κ2) is 3.41. The maximum absolute atomic E-state index is 12.1. The van der Waals surface area contributed by atoms with Crippen LogP contribution in [0, 0.1) is 5.92 Å². The Kier molecular flexibility index (Phi) is 2.03. The van der Waals surface area contributed by atoms with E-state index in [1.165, 1.54) is 18.9 Å². The average Bonchev–Trinajstić information content (AvgIpc) is 3.10. The van der Waals surface area contributed by atoms with Gasteiger partial charge in [-0.1, -0.05) is 24.3 Å². The predicted molar refractivity (Wildman–Crippen MR) is 60.5 cm³/mol. The highest BCUT2D eigenvalue weighted by atomic mass is 16.1. The summed E-state index contributed by atoms with van der Waals surface area (Å²) in [5.41, 5.74) is 1.82. The van der Waals surface area contributed by atoms with E-state index in [2.05, 4.69) is 0 Å². The van der Waals surface area contributed by atoms with Crippen LogP contribution in [0.4, 0.5) is 0 Å². The van der Waals surface area contributed by atoms with Crippen molar-refractivity contribution in [1.82, 2.24) is 0 Å². The molecule has 0 amide bonds. The summed E-state index contributed by atoms with van der Waals surface area (Å²) in [6.07, 6.45) is 4.70. The van der Waals surface area contributed by atoms with E-state index in [0.717, 1.165) is 6.42 Å². The van der Waals surface area contributed by atoms with E-state index < -0.39 is 0 Å². The SMILES string of the molecule is O=C1C=C(CC2CC2)C(=O)c2ccccc21. The number of ketones is 2. The second-order valence-corrected chi connectivity index (χ2v) is 4.56. The highest BCUT2D eigenvalue weighted by molar-refractivity contribution is 6.24. The van der Waals surface area contributed by atoms with Gasteiger partial charge in [-0.05, 0) is 31.3 Å². The van der Waals surface area contributed by atoms with Crippen molar-refractivity contribution < 1.29 is 9.59 Å². The Bertz CT molecular complexity index is 507. The van der Waals surface area contributed by atoms with Crippen molar-refractivity contribution in [3.63, 3.8) is 0 Å². The van der Waals surface area contributed by atoms with E-state index in [1.807, 2.05) is 6.07 Å². The minimum atomic E-state index is -0.0224. The molecule has 0 atom stereocenters. The number of benzene rings is 1. The molecule has 0 N–H and O–H groups in total. The molecule has 80 valence electrons. The Balaban J connectivity index is 2.00. The van der Waals surface area contributed by atoms with E-state index in [9.17, 15) is 9.59 Å². The zero-order valence-corrected chi connectivity index (χ0v) is 8.90. The van der Waals surface area contributed by atoms with Gasteiger partial charge < -0.3 is 0 Å². The Morgan fingerprint density at radius 2 is 1.75 bits per heavy atom. The van der Waals surface area contributed by atoms with E-state index in [4.69, 9.17) is 0 Å². The third kappa shape index (κ3) is 1.51. The fourth-order valence-electron chi connectivity index (χ4n) is 2.16. The lowest BCUT2D eigenvalue weighted by atomic mass is 9.87. The minimum Gasteiger partial charge on any atom is -0.289 e. The number of carbonyl (C=O) groups excluding carboxylic acids is 2. The van der Waals surface area contributed by atoms with Crippen molar-refractivity contribution in [3.05, 3.63) is 47.0 Å². The molecular weight excluding hydrogens is 200 g/mol. The molecule has 1 fully saturated rings. The molecule has 0 aliphatic heterocycles. The molecule has 2 aliphatic carbocycles. The van der Waals surface area contributed by atoms with Gasteiger partial charge in [0.15, 0.2) is 11.6 Å². The third-order valence-corrected chi connectivity index (χ3v) is 3.24. The second-order valence-electron chi connectivity index (χ2n) is 4.56. The van der Waals surface area contributed by atoms with Gasteiger partial charge in [0.2, 0.25) is 0 Å². The first-order valence-electron chi connectivity index (χ1n) is 5.64. The molecule has 2 heteroatoms. The lowest BCUT2D eigenvalue weighted by Crippen LogP contribution is -2.17. The van der Waals surface area contributed by atoms with Crippen LogP contribution in [0.15, 0.2) is 35.9 Å². The molecule has 0 heterocycles. The van der Waals surface area contributed by atoms with Crippen LogP contribution >= 0.6 is 0 Å². The molecule has 1 aromatic carbocycles. The molecule has 1 aromatic rings. The van der Waals surface area contributed by atoms with Crippen LogP contribution in [-0.4, -0.2) is 11.6 Å². The first kappa shape index (κ1) is 9.52. The average molecular weight is 212 g/mol. The van der Waals surface area contributed by atoms with Gasteiger partial charge in [-0.15, -0.1) is 0 Å². The molecule has 3 rings (SSSR count). The number of hydrogen-bond donors (Lipinski definition) is 0. The number of carbonyl (C=O) groups is 2. The quantitative estimate of drug-likeness (QED) is 0.755. The number of hydrogen-bond acceptors (Lipinski definition) is 2. The van der Waals surface area contributed by atoms with E-state index in [-0.39, 0.29) is 11.6 Å². The summed E-state index contributed by atoms with van der Waals surface area (Å²) in [5.74, 6) is 0.654. The lowest BCUT2D eigenvalue weighted by molar-refractivity contribution is 0.0980. The fraction of sp³-hybridized carbons (Fsp3) is 0.286. The third-order valence-electron chi connectivity index (χ3n) is 3.24. The minimum absolute atomic E-state index is 0.0224. The highest BCUT2D eigenvalue weighted by Gasteiger charge is 2.30. The van der Waals surface area contributed by atoms with Gasteiger partial charge in [-0.25, -0.2) is 0 Å². The van der Waals surface area contributed by atoms with Crippen LogP contribution in [0.25, 0.3) is 0 Å². The van der Waals surface area contributed by atoms with Gasteiger partial charge in [0.25, 0.3) is 0 Å². The van der Waals surface area contributed by atoms with Gasteiger partial charge in [-0.2, -0.15) is 0 Å². The van der Waals surface area contributed by atoms with Crippen molar-refractivity contribution in [2.45, 2.75) is 19.3 Å². The zero-order chi connectivity index (χ0) is 11.1. The molecule has 2 nitrogen and oxygen atoms in total. The normalized spacial score (nSPS) is 19.4. The van der Waals surface area contributed by atoms with Gasteiger partial charge in [0.05, 0.1) is 0 Å². The molecule has 2 aliphatic rings. The van der Waals surface area contributed by atoms with Gasteiger partial charge in [0.1, 0.15) is 0 Å². The van der Waals surface area contributed by atoms with Crippen LogP contribution in [0.1, 0.15) is 40.0 Å². The van der Waals surface area contributed by atoms with Crippen LogP contribution in [0.3, 0.4) is 0 Å².